The molecule has 1 aliphatic heterocycles. The van der Waals surface area contributed by atoms with Crippen molar-refractivity contribution in [1.82, 2.24) is 9.97 Å². The molecule has 4 aromatic rings. The van der Waals surface area contributed by atoms with Gasteiger partial charge >= 0.3 is 12.4 Å². The summed E-state index contributed by atoms with van der Waals surface area (Å²) < 4.78 is 87.9. The number of nitrogens with zero attached hydrogens (tertiary/aromatic N) is 4. The average molecular weight is 564 g/mol. The molecule has 0 amide bonds. The minimum Gasteiger partial charge on any atom is -0.439 e. The fourth-order valence-corrected chi connectivity index (χ4v) is 3.97. The number of pyridine rings is 2. The van der Waals surface area contributed by atoms with Crippen LogP contribution < -0.4 is 19.8 Å². The SMILES string of the molecule is ON1c2ccc(Oc3ccc(C(F)(F)F)cn3)cc2CCc2cc(Oc3ccc(C(F)(F)F)cn3)ccc2N1O. The van der Waals surface area contributed by atoms with Gasteiger partial charge in [0.2, 0.25) is 11.8 Å². The first-order valence-corrected chi connectivity index (χ1v) is 11.5. The van der Waals surface area contributed by atoms with Crippen molar-refractivity contribution in [3.05, 3.63) is 95.3 Å². The van der Waals surface area contributed by atoms with E-state index in [9.17, 15) is 36.8 Å². The molecule has 0 fully saturated rings. The molecule has 2 aromatic heterocycles. The van der Waals surface area contributed by atoms with Gasteiger partial charge in [-0.25, -0.2) is 9.97 Å². The molecule has 2 aromatic carbocycles. The van der Waals surface area contributed by atoms with Crippen molar-refractivity contribution in [3.8, 4) is 23.3 Å². The zero-order valence-corrected chi connectivity index (χ0v) is 20.1. The quantitative estimate of drug-likeness (QED) is 0.252. The molecule has 208 valence electrons. The maximum Gasteiger partial charge on any atom is 0.417 e. The van der Waals surface area contributed by atoms with E-state index in [-0.39, 0.29) is 34.6 Å². The van der Waals surface area contributed by atoms with Gasteiger partial charge in [0.05, 0.1) is 22.5 Å². The first-order chi connectivity index (χ1) is 18.9. The van der Waals surface area contributed by atoms with Crippen LogP contribution in [0, 0.1) is 0 Å². The number of hydrazine groups is 1. The fraction of sp³-hybridized carbons (Fsp3) is 0.154. The summed E-state index contributed by atoms with van der Waals surface area (Å²) in [5, 5.41) is 22.4. The Morgan fingerprint density at radius 3 is 1.32 bits per heavy atom. The molecule has 14 heteroatoms. The first-order valence-electron chi connectivity index (χ1n) is 11.5. The molecular weight excluding hydrogens is 546 g/mol. The molecular formula is C26H18F6N4O4. The minimum atomic E-state index is -4.54. The molecule has 0 saturated carbocycles. The Morgan fingerprint density at radius 2 is 1.00 bits per heavy atom. The van der Waals surface area contributed by atoms with Crippen molar-refractivity contribution < 1.29 is 46.2 Å². The highest BCUT2D eigenvalue weighted by molar-refractivity contribution is 5.64. The molecule has 0 atom stereocenters. The molecule has 40 heavy (non-hydrogen) atoms. The Balaban J connectivity index is 1.35. The van der Waals surface area contributed by atoms with E-state index in [1.54, 1.807) is 12.1 Å². The van der Waals surface area contributed by atoms with Gasteiger partial charge in [-0.2, -0.15) is 26.3 Å². The van der Waals surface area contributed by atoms with Gasteiger partial charge in [-0.1, -0.05) is 0 Å². The molecule has 1 aliphatic rings. The molecule has 0 aliphatic carbocycles. The second-order valence-electron chi connectivity index (χ2n) is 8.63. The zero-order chi connectivity index (χ0) is 28.7. The van der Waals surface area contributed by atoms with Crippen LogP contribution in [0.1, 0.15) is 22.3 Å². The van der Waals surface area contributed by atoms with Crippen molar-refractivity contribution in [2.75, 3.05) is 10.3 Å². The zero-order valence-electron chi connectivity index (χ0n) is 20.1. The number of ether oxygens (including phenoxy) is 2. The van der Waals surface area contributed by atoms with Gasteiger partial charge < -0.3 is 9.47 Å². The second-order valence-corrected chi connectivity index (χ2v) is 8.63. The number of alkyl halides is 6. The summed E-state index contributed by atoms with van der Waals surface area (Å²) in [6, 6.07) is 12.7. The highest BCUT2D eigenvalue weighted by Gasteiger charge is 2.31. The number of aryl methyl sites for hydroxylation is 2. The fourth-order valence-electron chi connectivity index (χ4n) is 3.97. The van der Waals surface area contributed by atoms with Crippen molar-refractivity contribution in [3.63, 3.8) is 0 Å². The Kier molecular flexibility index (Phi) is 6.89. The second kappa shape index (κ2) is 10.2. The van der Waals surface area contributed by atoms with Crippen molar-refractivity contribution in [2.45, 2.75) is 25.2 Å². The summed E-state index contributed by atoms with van der Waals surface area (Å²) in [7, 11) is 0. The van der Waals surface area contributed by atoms with E-state index < -0.39 is 23.5 Å². The van der Waals surface area contributed by atoms with Crippen LogP contribution in [0.5, 0.6) is 23.3 Å². The van der Waals surface area contributed by atoms with Gasteiger partial charge in [0, 0.05) is 24.5 Å². The third-order valence-corrected chi connectivity index (χ3v) is 5.95. The summed E-state index contributed by atoms with van der Waals surface area (Å²) in [5.74, 6) is 0.310. The van der Waals surface area contributed by atoms with E-state index in [2.05, 4.69) is 9.97 Å². The number of benzene rings is 2. The van der Waals surface area contributed by atoms with Gasteiger partial charge in [-0.3, -0.25) is 10.4 Å². The predicted molar refractivity (Wildman–Crippen MR) is 127 cm³/mol. The maximum absolute atomic E-state index is 12.8. The predicted octanol–water partition coefficient (Wildman–Crippen LogP) is 7.20. The maximum atomic E-state index is 12.8. The molecule has 0 spiro atoms. The lowest BCUT2D eigenvalue weighted by molar-refractivity contribution is -0.138. The number of hydrogen-bond donors (Lipinski definition) is 2. The Morgan fingerprint density at radius 1 is 0.600 bits per heavy atom. The summed E-state index contributed by atoms with van der Waals surface area (Å²) >= 11 is 0. The average Bonchev–Trinajstić information content (AvgIpc) is 2.90. The molecule has 0 unspecified atom stereocenters. The molecule has 0 radical (unpaired) electrons. The summed E-state index contributed by atoms with van der Waals surface area (Å²) in [4.78, 5) is 7.36. The highest BCUT2D eigenvalue weighted by atomic mass is 19.4. The van der Waals surface area contributed by atoms with Crippen LogP contribution in [0.15, 0.2) is 73.1 Å². The van der Waals surface area contributed by atoms with Crippen LogP contribution in [0.3, 0.4) is 0 Å². The van der Waals surface area contributed by atoms with E-state index in [1.165, 1.54) is 24.3 Å². The van der Waals surface area contributed by atoms with Gasteiger partial charge in [-0.05, 0) is 72.5 Å². The van der Waals surface area contributed by atoms with Crippen molar-refractivity contribution in [1.29, 1.82) is 0 Å². The summed E-state index contributed by atoms with van der Waals surface area (Å²) in [6.07, 6.45) is -7.12. The number of hydrogen-bond acceptors (Lipinski definition) is 8. The van der Waals surface area contributed by atoms with E-state index in [1.807, 2.05) is 0 Å². The Bertz CT molecular complexity index is 1400. The van der Waals surface area contributed by atoms with Gasteiger partial charge in [0.15, 0.2) is 0 Å². The molecule has 0 bridgehead atoms. The van der Waals surface area contributed by atoms with Gasteiger partial charge in [0.1, 0.15) is 11.5 Å². The summed E-state index contributed by atoms with van der Waals surface area (Å²) in [5.41, 5.74) is -0.369. The van der Waals surface area contributed by atoms with Crippen LogP contribution in [0.4, 0.5) is 37.7 Å². The van der Waals surface area contributed by atoms with E-state index in [0.29, 0.717) is 46.7 Å². The van der Waals surface area contributed by atoms with Gasteiger partial charge in [0.25, 0.3) is 0 Å². The summed E-state index contributed by atoms with van der Waals surface area (Å²) in [6.45, 7) is 0. The lowest BCUT2D eigenvalue weighted by Gasteiger charge is -2.32. The van der Waals surface area contributed by atoms with Crippen LogP contribution >= 0.6 is 0 Å². The van der Waals surface area contributed by atoms with Crippen molar-refractivity contribution in [2.24, 2.45) is 0 Å². The first kappa shape index (κ1) is 27.0. The van der Waals surface area contributed by atoms with Gasteiger partial charge in [-0.15, -0.1) is 10.3 Å². The topological polar surface area (TPSA) is 91.2 Å². The normalized spacial score (nSPS) is 13.7. The Hall–Kier alpha value is -4.56. The van der Waals surface area contributed by atoms with E-state index in [0.717, 1.165) is 24.3 Å². The van der Waals surface area contributed by atoms with Crippen LogP contribution in [0.25, 0.3) is 0 Å². The van der Waals surface area contributed by atoms with Crippen LogP contribution in [-0.2, 0) is 25.2 Å². The van der Waals surface area contributed by atoms with Crippen molar-refractivity contribution >= 4 is 11.4 Å². The highest BCUT2D eigenvalue weighted by Crippen LogP contribution is 2.37. The molecule has 2 N–H and O–H groups in total. The monoisotopic (exact) mass is 564 g/mol. The smallest absolute Gasteiger partial charge is 0.417 e. The lowest BCUT2D eigenvalue weighted by atomic mass is 10.00. The van der Waals surface area contributed by atoms with Crippen LogP contribution in [0.2, 0.25) is 0 Å². The third kappa shape index (κ3) is 5.72. The number of halogens is 6. The number of aromatic nitrogens is 2. The molecule has 5 rings (SSSR count). The minimum absolute atomic E-state index is 0.0764. The standard InChI is InChI=1S/C26H18F6N4O4/c27-25(28,29)17-3-9-23(33-13-17)39-19-5-7-21-15(11-19)1-2-16-12-20(6-8-22(16)36(38)35(21)37)40-24-10-4-18(14-34-24)26(30,31)32/h3-14,37-38H,1-2H2. The largest absolute Gasteiger partial charge is 0.439 e. The van der Waals surface area contributed by atoms with Crippen LogP contribution in [-0.4, -0.2) is 20.4 Å². The molecule has 8 nitrogen and oxygen atoms in total. The third-order valence-electron chi connectivity index (χ3n) is 5.95. The molecule has 3 heterocycles. The Labute approximate surface area is 222 Å². The number of rotatable bonds is 4. The number of fused-ring (bicyclic) bond motifs is 2. The number of anilines is 2. The lowest BCUT2D eigenvalue weighted by Crippen LogP contribution is -2.40. The molecule has 0 saturated heterocycles. The van der Waals surface area contributed by atoms with E-state index in [4.69, 9.17) is 9.47 Å². The van der Waals surface area contributed by atoms with E-state index >= 15 is 0 Å².